The smallest absolute Gasteiger partial charge is 0.330 e. The second-order valence-corrected chi connectivity index (χ2v) is 7.36. The van der Waals surface area contributed by atoms with Gasteiger partial charge in [-0.3, -0.25) is 14.9 Å². The van der Waals surface area contributed by atoms with Crippen LogP contribution in [0, 0.1) is 6.92 Å². The molecule has 4 nitrogen and oxygen atoms in total. The van der Waals surface area contributed by atoms with Crippen molar-refractivity contribution in [3.05, 3.63) is 59.2 Å². The minimum atomic E-state index is -4.45. The van der Waals surface area contributed by atoms with Crippen LogP contribution in [0.25, 0.3) is 0 Å². The molecule has 0 saturated heterocycles. The van der Waals surface area contributed by atoms with Crippen molar-refractivity contribution in [3.8, 4) is 0 Å². The maximum absolute atomic E-state index is 14.1. The molecule has 28 heavy (non-hydrogen) atoms. The van der Waals surface area contributed by atoms with Crippen molar-refractivity contribution in [3.63, 3.8) is 0 Å². The van der Waals surface area contributed by atoms with E-state index in [4.69, 9.17) is 5.73 Å². The van der Waals surface area contributed by atoms with Crippen LogP contribution >= 0.6 is 0 Å². The van der Waals surface area contributed by atoms with E-state index in [1.807, 2.05) is 26.0 Å². The third-order valence-corrected chi connectivity index (χ3v) is 4.69. The fraction of sp³-hybridized carbons (Fsp3) is 0.524. The Kier molecular flexibility index (Phi) is 7.95. The summed E-state index contributed by atoms with van der Waals surface area (Å²) in [6.45, 7) is 6.67. The first-order chi connectivity index (χ1) is 13.2. The molecule has 0 aliphatic heterocycles. The number of aryl methyl sites for hydroxylation is 1. The predicted molar refractivity (Wildman–Crippen MR) is 105 cm³/mol. The molecule has 7 heteroatoms. The van der Waals surface area contributed by atoms with Crippen LogP contribution < -0.4 is 5.73 Å². The monoisotopic (exact) mass is 394 g/mol. The normalized spacial score (nSPS) is 13.3. The number of hydrogen-bond donors (Lipinski definition) is 1. The molecule has 2 aromatic rings. The average molecular weight is 394 g/mol. The van der Waals surface area contributed by atoms with Gasteiger partial charge in [-0.15, -0.1) is 0 Å². The Morgan fingerprint density at radius 2 is 1.86 bits per heavy atom. The van der Waals surface area contributed by atoms with E-state index in [9.17, 15) is 13.2 Å². The predicted octanol–water partition coefficient (Wildman–Crippen LogP) is 4.75. The van der Waals surface area contributed by atoms with Crippen LogP contribution in [0.15, 0.2) is 36.7 Å². The highest BCUT2D eigenvalue weighted by Gasteiger charge is 2.45. The Balaban J connectivity index is 2.42. The highest BCUT2D eigenvalue weighted by molar-refractivity contribution is 5.24. The minimum Gasteiger partial charge on any atom is -0.330 e. The number of hydrogen-bond acceptors (Lipinski definition) is 4. The zero-order valence-electron chi connectivity index (χ0n) is 16.7. The third-order valence-electron chi connectivity index (χ3n) is 4.69. The van der Waals surface area contributed by atoms with Gasteiger partial charge in [0.05, 0.1) is 11.4 Å². The first kappa shape index (κ1) is 22.3. The summed E-state index contributed by atoms with van der Waals surface area (Å²) in [7, 11) is 0. The number of unbranched alkanes of at least 4 members (excludes halogenated alkanes) is 1. The highest BCUT2D eigenvalue weighted by atomic mass is 19.4. The number of aromatic nitrogens is 2. The van der Waals surface area contributed by atoms with Gasteiger partial charge in [0.25, 0.3) is 0 Å². The van der Waals surface area contributed by atoms with E-state index in [1.54, 1.807) is 19.2 Å². The molecule has 0 aliphatic rings. The Morgan fingerprint density at radius 3 is 2.43 bits per heavy atom. The molecule has 0 aromatic carbocycles. The molecule has 0 bridgehead atoms. The molecule has 0 amide bonds. The minimum absolute atomic E-state index is 0.00729. The largest absolute Gasteiger partial charge is 0.409 e. The lowest BCUT2D eigenvalue weighted by Crippen LogP contribution is -2.39. The SMILES string of the molecule is Cc1ccc(C(N(CCCCN)Cc2ncccc2C(C)C)C(F)(F)F)nc1. The van der Waals surface area contributed by atoms with Crippen LogP contribution in [0.1, 0.15) is 61.2 Å². The van der Waals surface area contributed by atoms with Gasteiger partial charge in [-0.1, -0.05) is 26.0 Å². The van der Waals surface area contributed by atoms with Gasteiger partial charge in [-0.05, 0) is 62.0 Å². The van der Waals surface area contributed by atoms with Gasteiger partial charge >= 0.3 is 6.18 Å². The topological polar surface area (TPSA) is 55.0 Å². The zero-order valence-corrected chi connectivity index (χ0v) is 16.7. The van der Waals surface area contributed by atoms with Crippen molar-refractivity contribution >= 4 is 0 Å². The van der Waals surface area contributed by atoms with Crippen molar-refractivity contribution in [1.29, 1.82) is 0 Å². The molecule has 2 N–H and O–H groups in total. The van der Waals surface area contributed by atoms with Gasteiger partial charge in [-0.2, -0.15) is 13.2 Å². The number of nitrogens with zero attached hydrogens (tertiary/aromatic N) is 3. The quantitative estimate of drug-likeness (QED) is 0.624. The van der Waals surface area contributed by atoms with Crippen molar-refractivity contribution in [2.75, 3.05) is 13.1 Å². The standard InChI is InChI=1S/C21H29F3N4/c1-15(2)17-7-6-11-26-19(17)14-28(12-5-4-10-25)20(21(22,23)24)18-9-8-16(3)13-27-18/h6-9,11,13,15,20H,4-5,10,12,14,25H2,1-3H3. The summed E-state index contributed by atoms with van der Waals surface area (Å²) >= 11 is 0. The lowest BCUT2D eigenvalue weighted by molar-refractivity contribution is -0.189. The average Bonchev–Trinajstić information content (AvgIpc) is 2.63. The molecule has 0 aliphatic carbocycles. The number of halogens is 3. The van der Waals surface area contributed by atoms with E-state index < -0.39 is 12.2 Å². The van der Waals surface area contributed by atoms with E-state index >= 15 is 0 Å². The van der Waals surface area contributed by atoms with Gasteiger partial charge in [0.1, 0.15) is 6.04 Å². The summed E-state index contributed by atoms with van der Waals surface area (Å²) in [6.07, 6.45) is -0.0867. The first-order valence-electron chi connectivity index (χ1n) is 9.61. The molecule has 2 heterocycles. The van der Waals surface area contributed by atoms with Crippen molar-refractivity contribution in [1.82, 2.24) is 14.9 Å². The van der Waals surface area contributed by atoms with Crippen LogP contribution in [0.3, 0.4) is 0 Å². The molecule has 1 unspecified atom stereocenters. The molecule has 0 saturated carbocycles. The van der Waals surface area contributed by atoms with E-state index in [-0.39, 0.29) is 24.7 Å². The third kappa shape index (κ3) is 6.01. The lowest BCUT2D eigenvalue weighted by atomic mass is 10.0. The number of nitrogens with two attached hydrogens (primary N) is 1. The van der Waals surface area contributed by atoms with Crippen LogP contribution in [-0.2, 0) is 6.54 Å². The Morgan fingerprint density at radius 1 is 1.11 bits per heavy atom. The Bertz CT molecular complexity index is 729. The molecule has 2 rings (SSSR count). The summed E-state index contributed by atoms with van der Waals surface area (Å²) in [5, 5.41) is 0. The van der Waals surface area contributed by atoms with Crippen molar-refractivity contribution in [2.45, 2.75) is 58.3 Å². The molecular weight excluding hydrogens is 365 g/mol. The van der Waals surface area contributed by atoms with Gasteiger partial charge in [0.15, 0.2) is 0 Å². The second-order valence-electron chi connectivity index (χ2n) is 7.36. The molecule has 2 aromatic heterocycles. The fourth-order valence-electron chi connectivity index (χ4n) is 3.26. The highest BCUT2D eigenvalue weighted by Crippen LogP contribution is 2.38. The van der Waals surface area contributed by atoms with Crippen molar-refractivity contribution in [2.24, 2.45) is 5.73 Å². The summed E-state index contributed by atoms with van der Waals surface area (Å²) in [6, 6.07) is 5.09. The van der Waals surface area contributed by atoms with E-state index in [0.717, 1.165) is 11.1 Å². The first-order valence-corrected chi connectivity index (χ1v) is 9.61. The van der Waals surface area contributed by atoms with Crippen LogP contribution in [0.4, 0.5) is 13.2 Å². The van der Waals surface area contributed by atoms with Crippen LogP contribution in [0.5, 0.6) is 0 Å². The molecule has 0 fully saturated rings. The maximum atomic E-state index is 14.1. The number of pyridine rings is 2. The second kappa shape index (κ2) is 9.98. The number of alkyl halides is 3. The van der Waals surface area contributed by atoms with E-state index in [2.05, 4.69) is 9.97 Å². The molecular formula is C21H29F3N4. The van der Waals surface area contributed by atoms with E-state index in [0.29, 0.717) is 25.1 Å². The summed E-state index contributed by atoms with van der Waals surface area (Å²) in [5.74, 6) is 0.177. The Labute approximate surface area is 165 Å². The molecule has 154 valence electrons. The van der Waals surface area contributed by atoms with Crippen LogP contribution in [0.2, 0.25) is 0 Å². The summed E-state index contributed by atoms with van der Waals surface area (Å²) in [5.41, 5.74) is 8.02. The molecule has 0 spiro atoms. The number of rotatable bonds is 9. The van der Waals surface area contributed by atoms with Gasteiger partial charge in [0.2, 0.25) is 0 Å². The van der Waals surface area contributed by atoms with Gasteiger partial charge in [-0.25, -0.2) is 0 Å². The molecule has 0 radical (unpaired) electrons. The van der Waals surface area contributed by atoms with Crippen molar-refractivity contribution < 1.29 is 13.2 Å². The van der Waals surface area contributed by atoms with Crippen LogP contribution in [-0.4, -0.2) is 34.1 Å². The maximum Gasteiger partial charge on any atom is 0.409 e. The zero-order chi connectivity index (χ0) is 20.7. The molecule has 1 atom stereocenters. The lowest BCUT2D eigenvalue weighted by Gasteiger charge is -2.33. The van der Waals surface area contributed by atoms with E-state index in [1.165, 1.54) is 17.2 Å². The Hall–Kier alpha value is -1.99. The summed E-state index contributed by atoms with van der Waals surface area (Å²) < 4.78 is 42.3. The summed E-state index contributed by atoms with van der Waals surface area (Å²) in [4.78, 5) is 9.90. The van der Waals surface area contributed by atoms with Gasteiger partial charge in [0, 0.05) is 18.9 Å². The van der Waals surface area contributed by atoms with Gasteiger partial charge < -0.3 is 5.73 Å². The fourth-order valence-corrected chi connectivity index (χ4v) is 3.26.